The number of nitrogens with one attached hydrogen (secondary N) is 3. The average molecular weight is 369 g/mol. The van der Waals surface area contributed by atoms with Gasteiger partial charge >= 0.3 is 0 Å². The predicted molar refractivity (Wildman–Crippen MR) is 103 cm³/mol. The van der Waals surface area contributed by atoms with Crippen LogP contribution in [0, 0.1) is 11.7 Å². The second kappa shape index (κ2) is 8.77. The van der Waals surface area contributed by atoms with E-state index in [1.54, 1.807) is 12.1 Å². The third kappa shape index (κ3) is 5.37. The number of carbonyl (C=O) groups is 2. The van der Waals surface area contributed by atoms with Gasteiger partial charge in [-0.15, -0.1) is 0 Å². The normalized spacial score (nSPS) is 19.3. The van der Waals surface area contributed by atoms with Crippen LogP contribution >= 0.6 is 0 Å². The number of benzene rings is 2. The number of piperidine rings is 1. The SMILES string of the molecule is C[C@H]1C[C@@H](C(=O)NCc2cccc(NC(=O)c3cccc(F)c3)c2)CCN1. The minimum atomic E-state index is -0.452. The van der Waals surface area contributed by atoms with Crippen LogP contribution in [0.2, 0.25) is 0 Å². The first kappa shape index (κ1) is 19.0. The molecular weight excluding hydrogens is 345 g/mol. The van der Waals surface area contributed by atoms with Crippen molar-refractivity contribution >= 4 is 17.5 Å². The lowest BCUT2D eigenvalue weighted by Gasteiger charge is -2.27. The Morgan fingerprint density at radius 3 is 2.78 bits per heavy atom. The Morgan fingerprint density at radius 1 is 1.19 bits per heavy atom. The minimum absolute atomic E-state index is 0.0390. The predicted octanol–water partition coefficient (Wildman–Crippen LogP) is 3.08. The van der Waals surface area contributed by atoms with E-state index in [1.165, 1.54) is 18.2 Å². The third-order valence-corrected chi connectivity index (χ3v) is 4.73. The summed E-state index contributed by atoms with van der Waals surface area (Å²) in [5.41, 5.74) is 1.75. The smallest absolute Gasteiger partial charge is 0.255 e. The molecule has 1 aliphatic rings. The van der Waals surface area contributed by atoms with Crippen molar-refractivity contribution in [2.45, 2.75) is 32.4 Å². The minimum Gasteiger partial charge on any atom is -0.352 e. The molecule has 3 N–H and O–H groups in total. The Morgan fingerprint density at radius 2 is 2.00 bits per heavy atom. The first-order valence-electron chi connectivity index (χ1n) is 9.18. The molecule has 0 bridgehead atoms. The highest BCUT2D eigenvalue weighted by Gasteiger charge is 2.24. The monoisotopic (exact) mass is 369 g/mol. The summed E-state index contributed by atoms with van der Waals surface area (Å²) in [4.78, 5) is 24.6. The summed E-state index contributed by atoms with van der Waals surface area (Å²) in [5, 5.41) is 9.08. The van der Waals surface area contributed by atoms with Crippen molar-refractivity contribution in [1.82, 2.24) is 10.6 Å². The summed E-state index contributed by atoms with van der Waals surface area (Å²) in [6.45, 7) is 3.35. The van der Waals surface area contributed by atoms with Gasteiger partial charge in [0.1, 0.15) is 5.82 Å². The van der Waals surface area contributed by atoms with Gasteiger partial charge in [0.15, 0.2) is 0 Å². The van der Waals surface area contributed by atoms with Crippen molar-refractivity contribution < 1.29 is 14.0 Å². The number of carbonyl (C=O) groups excluding carboxylic acids is 2. The molecule has 2 aromatic carbocycles. The molecule has 1 saturated heterocycles. The number of hydrogen-bond acceptors (Lipinski definition) is 3. The van der Waals surface area contributed by atoms with E-state index in [0.717, 1.165) is 24.9 Å². The van der Waals surface area contributed by atoms with Crippen LogP contribution in [-0.4, -0.2) is 24.4 Å². The lowest BCUT2D eigenvalue weighted by molar-refractivity contribution is -0.126. The molecule has 1 heterocycles. The first-order chi connectivity index (χ1) is 13.0. The lowest BCUT2D eigenvalue weighted by Crippen LogP contribution is -2.42. The van der Waals surface area contributed by atoms with E-state index in [1.807, 2.05) is 18.2 Å². The van der Waals surface area contributed by atoms with E-state index < -0.39 is 5.82 Å². The van der Waals surface area contributed by atoms with Crippen LogP contribution in [0.5, 0.6) is 0 Å². The number of amides is 2. The van der Waals surface area contributed by atoms with Gasteiger partial charge in [-0.1, -0.05) is 18.2 Å². The van der Waals surface area contributed by atoms with Gasteiger partial charge in [0, 0.05) is 29.8 Å². The van der Waals surface area contributed by atoms with Crippen molar-refractivity contribution in [2.75, 3.05) is 11.9 Å². The zero-order valence-electron chi connectivity index (χ0n) is 15.3. The van der Waals surface area contributed by atoms with Gasteiger partial charge in [0.25, 0.3) is 5.91 Å². The molecule has 27 heavy (non-hydrogen) atoms. The Hall–Kier alpha value is -2.73. The Balaban J connectivity index is 1.57. The van der Waals surface area contributed by atoms with E-state index in [0.29, 0.717) is 18.3 Å². The summed E-state index contributed by atoms with van der Waals surface area (Å²) < 4.78 is 13.3. The van der Waals surface area contributed by atoms with Crippen molar-refractivity contribution in [1.29, 1.82) is 0 Å². The van der Waals surface area contributed by atoms with Gasteiger partial charge in [0.05, 0.1) is 0 Å². The van der Waals surface area contributed by atoms with Gasteiger partial charge in [-0.25, -0.2) is 4.39 Å². The number of rotatable bonds is 5. The second-order valence-corrected chi connectivity index (χ2v) is 6.96. The maximum atomic E-state index is 13.3. The second-order valence-electron chi connectivity index (χ2n) is 6.96. The van der Waals surface area contributed by atoms with E-state index in [9.17, 15) is 14.0 Å². The zero-order valence-corrected chi connectivity index (χ0v) is 15.3. The van der Waals surface area contributed by atoms with Crippen LogP contribution in [0.1, 0.15) is 35.7 Å². The summed E-state index contributed by atoms with van der Waals surface area (Å²) in [6.07, 6.45) is 1.69. The molecular formula is C21H24FN3O2. The van der Waals surface area contributed by atoms with Crippen LogP contribution in [0.4, 0.5) is 10.1 Å². The first-order valence-corrected chi connectivity index (χ1v) is 9.18. The van der Waals surface area contributed by atoms with Gasteiger partial charge in [0.2, 0.25) is 5.91 Å². The molecule has 0 aliphatic carbocycles. The van der Waals surface area contributed by atoms with Crippen molar-refractivity contribution in [3.05, 3.63) is 65.5 Å². The van der Waals surface area contributed by atoms with Crippen molar-refractivity contribution in [2.24, 2.45) is 5.92 Å². The zero-order chi connectivity index (χ0) is 19.2. The molecule has 2 atom stereocenters. The maximum absolute atomic E-state index is 13.3. The molecule has 1 fully saturated rings. The average Bonchev–Trinajstić information content (AvgIpc) is 2.66. The molecule has 1 aliphatic heterocycles. The topological polar surface area (TPSA) is 70.2 Å². The fourth-order valence-electron chi connectivity index (χ4n) is 3.30. The molecule has 6 heteroatoms. The largest absolute Gasteiger partial charge is 0.352 e. The van der Waals surface area contributed by atoms with E-state index >= 15 is 0 Å². The Bertz CT molecular complexity index is 825. The van der Waals surface area contributed by atoms with Crippen LogP contribution < -0.4 is 16.0 Å². The summed E-state index contributed by atoms with van der Waals surface area (Å²) in [7, 11) is 0. The summed E-state index contributed by atoms with van der Waals surface area (Å²) in [5.74, 6) is -0.722. The molecule has 5 nitrogen and oxygen atoms in total. The Labute approximate surface area is 158 Å². The fraction of sp³-hybridized carbons (Fsp3) is 0.333. The standard InChI is InChI=1S/C21H24FN3O2/c1-14-10-17(8-9-23-14)20(26)24-13-15-4-2-7-19(11-15)25-21(27)16-5-3-6-18(22)12-16/h2-7,11-12,14,17,23H,8-10,13H2,1H3,(H,24,26)(H,25,27)/t14-,17-/m0/s1. The quantitative estimate of drug-likeness (QED) is 0.759. The molecule has 0 saturated carbocycles. The number of hydrogen-bond donors (Lipinski definition) is 3. The van der Waals surface area contributed by atoms with E-state index in [2.05, 4.69) is 22.9 Å². The fourth-order valence-corrected chi connectivity index (χ4v) is 3.30. The van der Waals surface area contributed by atoms with E-state index in [-0.39, 0.29) is 23.3 Å². The van der Waals surface area contributed by atoms with Gasteiger partial charge in [-0.3, -0.25) is 9.59 Å². The molecule has 142 valence electrons. The van der Waals surface area contributed by atoms with Crippen LogP contribution in [0.25, 0.3) is 0 Å². The number of anilines is 1. The highest BCUT2D eigenvalue weighted by molar-refractivity contribution is 6.04. The van der Waals surface area contributed by atoms with Gasteiger partial charge < -0.3 is 16.0 Å². The van der Waals surface area contributed by atoms with Crippen LogP contribution in [0.3, 0.4) is 0 Å². The molecule has 2 aromatic rings. The van der Waals surface area contributed by atoms with Gasteiger partial charge in [-0.2, -0.15) is 0 Å². The third-order valence-electron chi connectivity index (χ3n) is 4.73. The Kier molecular flexibility index (Phi) is 6.19. The van der Waals surface area contributed by atoms with E-state index in [4.69, 9.17) is 0 Å². The van der Waals surface area contributed by atoms with Crippen molar-refractivity contribution in [3.63, 3.8) is 0 Å². The maximum Gasteiger partial charge on any atom is 0.255 e. The molecule has 0 aromatic heterocycles. The molecule has 0 spiro atoms. The molecule has 0 radical (unpaired) electrons. The van der Waals surface area contributed by atoms with Gasteiger partial charge in [-0.05, 0) is 62.2 Å². The highest BCUT2D eigenvalue weighted by Crippen LogP contribution is 2.17. The summed E-state index contributed by atoms with van der Waals surface area (Å²) in [6, 6.07) is 13.2. The lowest BCUT2D eigenvalue weighted by atomic mass is 9.92. The molecule has 2 amide bonds. The van der Waals surface area contributed by atoms with Crippen LogP contribution in [0.15, 0.2) is 48.5 Å². The number of halogens is 1. The molecule has 0 unspecified atom stereocenters. The highest BCUT2D eigenvalue weighted by atomic mass is 19.1. The molecule has 3 rings (SSSR count). The summed E-state index contributed by atoms with van der Waals surface area (Å²) >= 11 is 0. The van der Waals surface area contributed by atoms with Crippen LogP contribution in [-0.2, 0) is 11.3 Å². The van der Waals surface area contributed by atoms with Crippen molar-refractivity contribution in [3.8, 4) is 0 Å².